The minimum Gasteiger partial charge on any atom is -0.349 e. The number of nitrogens with one attached hydrogen (secondary N) is 1. The Hall–Kier alpha value is -2.83. The Morgan fingerprint density at radius 1 is 1.00 bits per heavy atom. The first-order valence-electron chi connectivity index (χ1n) is 9.09. The van der Waals surface area contributed by atoms with Gasteiger partial charge in [-0.15, -0.1) is 0 Å². The van der Waals surface area contributed by atoms with Gasteiger partial charge in [-0.25, -0.2) is 0 Å². The molecule has 0 aromatic heterocycles. The fraction of sp³-hybridized carbons (Fsp3) is 0.333. The minimum atomic E-state index is -4.58. The summed E-state index contributed by atoms with van der Waals surface area (Å²) >= 11 is 0. The van der Waals surface area contributed by atoms with Gasteiger partial charge < -0.3 is 10.2 Å². The van der Waals surface area contributed by atoms with Gasteiger partial charge >= 0.3 is 6.18 Å². The molecule has 2 aromatic rings. The number of amides is 2. The molecule has 28 heavy (non-hydrogen) atoms. The first-order chi connectivity index (χ1) is 13.3. The predicted octanol–water partition coefficient (Wildman–Crippen LogP) is 4.05. The first-order valence-corrected chi connectivity index (χ1v) is 9.09. The lowest BCUT2D eigenvalue weighted by atomic mass is 10.0. The van der Waals surface area contributed by atoms with E-state index in [0.717, 1.165) is 11.6 Å². The van der Waals surface area contributed by atoms with Crippen molar-refractivity contribution in [3.63, 3.8) is 0 Å². The van der Waals surface area contributed by atoms with Crippen LogP contribution in [-0.2, 0) is 6.18 Å². The van der Waals surface area contributed by atoms with Crippen LogP contribution in [0, 0.1) is 6.92 Å². The van der Waals surface area contributed by atoms with Crippen LogP contribution in [0.1, 0.15) is 44.7 Å². The summed E-state index contributed by atoms with van der Waals surface area (Å²) in [6.45, 7) is 2.53. The summed E-state index contributed by atoms with van der Waals surface area (Å²) in [6, 6.07) is 11.9. The van der Waals surface area contributed by atoms with Crippen LogP contribution in [0.15, 0.2) is 48.5 Å². The van der Waals surface area contributed by atoms with E-state index in [4.69, 9.17) is 0 Å². The maximum Gasteiger partial charge on any atom is 0.417 e. The molecule has 1 N–H and O–H groups in total. The molecule has 0 saturated carbocycles. The Bertz CT molecular complexity index is 855. The van der Waals surface area contributed by atoms with Crippen molar-refractivity contribution in [3.05, 3.63) is 70.8 Å². The molecule has 0 aliphatic carbocycles. The fourth-order valence-electron chi connectivity index (χ4n) is 3.29. The molecule has 7 heteroatoms. The molecule has 0 spiro atoms. The highest BCUT2D eigenvalue weighted by atomic mass is 19.4. The molecule has 1 aliphatic rings. The van der Waals surface area contributed by atoms with Gasteiger partial charge in [0.05, 0.1) is 11.1 Å². The number of nitrogens with zero attached hydrogens (tertiary/aromatic N) is 1. The summed E-state index contributed by atoms with van der Waals surface area (Å²) in [7, 11) is 0. The molecule has 2 aromatic carbocycles. The summed E-state index contributed by atoms with van der Waals surface area (Å²) in [5.74, 6) is -0.816. The molecule has 1 saturated heterocycles. The summed E-state index contributed by atoms with van der Waals surface area (Å²) < 4.78 is 39.4. The molecule has 0 unspecified atom stereocenters. The lowest BCUT2D eigenvalue weighted by Crippen LogP contribution is -2.46. The van der Waals surface area contributed by atoms with Crippen LogP contribution in [0.2, 0.25) is 0 Å². The largest absolute Gasteiger partial charge is 0.417 e. The highest BCUT2D eigenvalue weighted by molar-refractivity contribution is 5.96. The van der Waals surface area contributed by atoms with Gasteiger partial charge in [-0.3, -0.25) is 9.59 Å². The SMILES string of the molecule is Cc1ccc(C(=O)NC2CCN(C(=O)c3ccccc3C(F)(F)F)CC2)cc1. The molecule has 3 rings (SSSR count). The van der Waals surface area contributed by atoms with E-state index in [1.807, 2.05) is 19.1 Å². The van der Waals surface area contributed by atoms with Gasteiger partial charge in [-0.05, 0) is 44.0 Å². The van der Waals surface area contributed by atoms with Crippen molar-refractivity contribution in [2.24, 2.45) is 0 Å². The number of alkyl halides is 3. The van der Waals surface area contributed by atoms with Crippen molar-refractivity contribution in [2.75, 3.05) is 13.1 Å². The summed E-state index contributed by atoms with van der Waals surface area (Å²) in [5, 5.41) is 2.93. The van der Waals surface area contributed by atoms with Crippen LogP contribution in [0.3, 0.4) is 0 Å². The van der Waals surface area contributed by atoms with Crippen LogP contribution >= 0.6 is 0 Å². The number of rotatable bonds is 3. The van der Waals surface area contributed by atoms with E-state index in [-0.39, 0.29) is 17.5 Å². The normalized spacial score (nSPS) is 15.4. The number of hydrogen-bond donors (Lipinski definition) is 1. The Balaban J connectivity index is 1.60. The second-order valence-electron chi connectivity index (χ2n) is 6.95. The Labute approximate surface area is 161 Å². The third-order valence-electron chi connectivity index (χ3n) is 4.89. The van der Waals surface area contributed by atoms with Crippen LogP contribution in [0.5, 0.6) is 0 Å². The molecule has 0 atom stereocenters. The van der Waals surface area contributed by atoms with E-state index in [0.29, 0.717) is 31.5 Å². The molecule has 1 aliphatic heterocycles. The van der Waals surface area contributed by atoms with Crippen molar-refractivity contribution in [3.8, 4) is 0 Å². The predicted molar refractivity (Wildman–Crippen MR) is 99.0 cm³/mol. The molecule has 0 radical (unpaired) electrons. The Kier molecular flexibility index (Phi) is 5.72. The number of benzene rings is 2. The highest BCUT2D eigenvalue weighted by Crippen LogP contribution is 2.32. The zero-order valence-electron chi connectivity index (χ0n) is 15.4. The van der Waals surface area contributed by atoms with Crippen LogP contribution < -0.4 is 5.32 Å². The minimum absolute atomic E-state index is 0.115. The Morgan fingerprint density at radius 2 is 1.61 bits per heavy atom. The topological polar surface area (TPSA) is 49.4 Å². The quantitative estimate of drug-likeness (QED) is 0.860. The molecular weight excluding hydrogens is 369 g/mol. The molecular formula is C21H21F3N2O2. The van der Waals surface area contributed by atoms with Crippen molar-refractivity contribution in [1.29, 1.82) is 0 Å². The second kappa shape index (κ2) is 8.04. The van der Waals surface area contributed by atoms with Crippen LogP contribution in [0.4, 0.5) is 13.2 Å². The van der Waals surface area contributed by atoms with E-state index < -0.39 is 17.6 Å². The third kappa shape index (κ3) is 4.52. The number of carbonyl (C=O) groups excluding carboxylic acids is 2. The van der Waals surface area contributed by atoms with E-state index in [1.54, 1.807) is 12.1 Å². The molecule has 1 heterocycles. The lowest BCUT2D eigenvalue weighted by molar-refractivity contribution is -0.138. The average molecular weight is 390 g/mol. The number of carbonyl (C=O) groups is 2. The smallest absolute Gasteiger partial charge is 0.349 e. The second-order valence-corrected chi connectivity index (χ2v) is 6.95. The summed E-state index contributed by atoms with van der Waals surface area (Å²) in [5.41, 5.74) is 0.359. The molecule has 2 amide bonds. The molecule has 4 nitrogen and oxygen atoms in total. The highest BCUT2D eigenvalue weighted by Gasteiger charge is 2.36. The van der Waals surface area contributed by atoms with E-state index in [2.05, 4.69) is 5.32 Å². The number of hydrogen-bond acceptors (Lipinski definition) is 2. The van der Waals surface area contributed by atoms with E-state index >= 15 is 0 Å². The van der Waals surface area contributed by atoms with Crippen LogP contribution in [-0.4, -0.2) is 35.8 Å². The zero-order chi connectivity index (χ0) is 20.3. The molecule has 0 bridgehead atoms. The number of aryl methyl sites for hydroxylation is 1. The summed E-state index contributed by atoms with van der Waals surface area (Å²) in [4.78, 5) is 26.3. The number of likely N-dealkylation sites (tertiary alicyclic amines) is 1. The van der Waals surface area contributed by atoms with Gasteiger partial charge in [-0.2, -0.15) is 13.2 Å². The monoisotopic (exact) mass is 390 g/mol. The maximum atomic E-state index is 13.1. The van der Waals surface area contributed by atoms with Crippen LogP contribution in [0.25, 0.3) is 0 Å². The van der Waals surface area contributed by atoms with Gasteiger partial charge in [-0.1, -0.05) is 29.8 Å². The van der Waals surface area contributed by atoms with Gasteiger partial charge in [0.15, 0.2) is 0 Å². The molecule has 148 valence electrons. The standard InChI is InChI=1S/C21H21F3N2O2/c1-14-6-8-15(9-7-14)19(27)25-16-10-12-26(13-11-16)20(28)17-4-2-3-5-18(17)21(22,23)24/h2-9,16H,10-13H2,1H3,(H,25,27). The summed E-state index contributed by atoms with van der Waals surface area (Å²) in [6.07, 6.45) is -3.58. The number of halogens is 3. The van der Waals surface area contributed by atoms with E-state index in [1.165, 1.54) is 23.1 Å². The van der Waals surface area contributed by atoms with Gasteiger partial charge in [0.2, 0.25) is 0 Å². The van der Waals surface area contributed by atoms with Gasteiger partial charge in [0.1, 0.15) is 0 Å². The fourth-order valence-corrected chi connectivity index (χ4v) is 3.29. The van der Waals surface area contributed by atoms with Crippen molar-refractivity contribution >= 4 is 11.8 Å². The van der Waals surface area contributed by atoms with Crippen molar-refractivity contribution < 1.29 is 22.8 Å². The van der Waals surface area contributed by atoms with Gasteiger partial charge in [0, 0.05) is 24.7 Å². The number of piperidine rings is 1. The third-order valence-corrected chi connectivity index (χ3v) is 4.89. The van der Waals surface area contributed by atoms with Crippen molar-refractivity contribution in [1.82, 2.24) is 10.2 Å². The molecule has 1 fully saturated rings. The van der Waals surface area contributed by atoms with Gasteiger partial charge in [0.25, 0.3) is 11.8 Å². The van der Waals surface area contributed by atoms with E-state index in [9.17, 15) is 22.8 Å². The lowest BCUT2D eigenvalue weighted by Gasteiger charge is -2.33. The van der Waals surface area contributed by atoms with Crippen molar-refractivity contribution in [2.45, 2.75) is 32.0 Å². The maximum absolute atomic E-state index is 13.1. The zero-order valence-corrected chi connectivity index (χ0v) is 15.4. The Morgan fingerprint density at radius 3 is 2.21 bits per heavy atom. The average Bonchev–Trinajstić information content (AvgIpc) is 2.68. The first kappa shape index (κ1) is 19.9.